The summed E-state index contributed by atoms with van der Waals surface area (Å²) >= 11 is 0. The number of benzene rings is 1. The average Bonchev–Trinajstić information content (AvgIpc) is 2.29. The lowest BCUT2D eigenvalue weighted by molar-refractivity contribution is -0.144. The van der Waals surface area contributed by atoms with Gasteiger partial charge in [-0.05, 0) is 24.5 Å². The SMILES string of the molecule is CCc1cccc(C)c1NC(CC(=O)O)C(=O)O. The van der Waals surface area contributed by atoms with Crippen molar-refractivity contribution in [3.63, 3.8) is 0 Å². The van der Waals surface area contributed by atoms with Crippen molar-refractivity contribution in [2.45, 2.75) is 32.7 Å². The van der Waals surface area contributed by atoms with Crippen LogP contribution in [0.15, 0.2) is 18.2 Å². The first-order valence-corrected chi connectivity index (χ1v) is 5.75. The lowest BCUT2D eigenvalue weighted by Gasteiger charge is -2.18. The molecule has 0 saturated carbocycles. The van der Waals surface area contributed by atoms with E-state index in [1.165, 1.54) is 0 Å². The Labute approximate surface area is 105 Å². The number of carboxylic acid groups (broad SMARTS) is 2. The van der Waals surface area contributed by atoms with E-state index < -0.39 is 24.4 Å². The molecule has 1 unspecified atom stereocenters. The number of carboxylic acids is 2. The summed E-state index contributed by atoms with van der Waals surface area (Å²) in [7, 11) is 0. The molecule has 0 saturated heterocycles. The van der Waals surface area contributed by atoms with Gasteiger partial charge in [-0.3, -0.25) is 4.79 Å². The predicted molar refractivity (Wildman–Crippen MR) is 67.9 cm³/mol. The third-order valence-corrected chi connectivity index (χ3v) is 2.74. The number of rotatable bonds is 6. The molecule has 5 heteroatoms. The monoisotopic (exact) mass is 251 g/mol. The summed E-state index contributed by atoms with van der Waals surface area (Å²) < 4.78 is 0. The highest BCUT2D eigenvalue weighted by Crippen LogP contribution is 2.22. The van der Waals surface area contributed by atoms with Crippen molar-refractivity contribution in [2.24, 2.45) is 0 Å². The third-order valence-electron chi connectivity index (χ3n) is 2.74. The number of hydrogen-bond acceptors (Lipinski definition) is 3. The van der Waals surface area contributed by atoms with E-state index in [1.54, 1.807) is 0 Å². The number of anilines is 1. The molecule has 1 aromatic rings. The van der Waals surface area contributed by atoms with Crippen molar-refractivity contribution in [3.05, 3.63) is 29.3 Å². The molecule has 0 aliphatic carbocycles. The number of nitrogens with one attached hydrogen (secondary N) is 1. The van der Waals surface area contributed by atoms with Gasteiger partial charge in [-0.2, -0.15) is 0 Å². The number of aliphatic carboxylic acids is 2. The summed E-state index contributed by atoms with van der Waals surface area (Å²) in [4.78, 5) is 21.7. The second-order valence-electron chi connectivity index (χ2n) is 4.10. The fourth-order valence-electron chi connectivity index (χ4n) is 1.78. The van der Waals surface area contributed by atoms with Crippen molar-refractivity contribution < 1.29 is 19.8 Å². The molecule has 1 aromatic carbocycles. The van der Waals surface area contributed by atoms with Gasteiger partial charge in [0.05, 0.1) is 6.42 Å². The highest BCUT2D eigenvalue weighted by molar-refractivity contribution is 5.84. The Morgan fingerprint density at radius 1 is 1.33 bits per heavy atom. The maximum atomic E-state index is 11.0. The number of aryl methyl sites for hydroxylation is 2. The van der Waals surface area contributed by atoms with Crippen molar-refractivity contribution in [3.8, 4) is 0 Å². The average molecular weight is 251 g/mol. The predicted octanol–water partition coefficient (Wildman–Crippen LogP) is 1.90. The molecule has 0 amide bonds. The summed E-state index contributed by atoms with van der Waals surface area (Å²) in [5.41, 5.74) is 2.60. The molecule has 0 spiro atoms. The number of carbonyl (C=O) groups is 2. The van der Waals surface area contributed by atoms with Gasteiger partial charge in [0.15, 0.2) is 0 Å². The molecule has 18 heavy (non-hydrogen) atoms. The smallest absolute Gasteiger partial charge is 0.326 e. The second-order valence-corrected chi connectivity index (χ2v) is 4.10. The van der Waals surface area contributed by atoms with Crippen molar-refractivity contribution in [1.82, 2.24) is 0 Å². The van der Waals surface area contributed by atoms with Gasteiger partial charge in [-0.1, -0.05) is 25.1 Å². The van der Waals surface area contributed by atoms with Gasteiger partial charge < -0.3 is 15.5 Å². The van der Waals surface area contributed by atoms with Crippen LogP contribution in [0.4, 0.5) is 5.69 Å². The zero-order chi connectivity index (χ0) is 13.7. The first kappa shape index (κ1) is 14.0. The summed E-state index contributed by atoms with van der Waals surface area (Å²) in [5, 5.41) is 20.5. The zero-order valence-corrected chi connectivity index (χ0v) is 10.4. The van der Waals surface area contributed by atoms with Crippen LogP contribution in [0, 0.1) is 6.92 Å². The Hall–Kier alpha value is -2.04. The fourth-order valence-corrected chi connectivity index (χ4v) is 1.78. The zero-order valence-electron chi connectivity index (χ0n) is 10.4. The highest BCUT2D eigenvalue weighted by atomic mass is 16.4. The Balaban J connectivity index is 3.00. The standard InChI is InChI=1S/C13H17NO4/c1-3-9-6-4-5-8(2)12(9)14-10(13(17)18)7-11(15)16/h4-6,10,14H,3,7H2,1-2H3,(H,15,16)(H,17,18). The van der Waals surface area contributed by atoms with Gasteiger partial charge in [0.25, 0.3) is 0 Å². The minimum Gasteiger partial charge on any atom is -0.481 e. The van der Waals surface area contributed by atoms with Crippen LogP contribution in [0.3, 0.4) is 0 Å². The molecule has 98 valence electrons. The van der Waals surface area contributed by atoms with Crippen molar-refractivity contribution >= 4 is 17.6 Å². The molecule has 0 heterocycles. The lowest BCUT2D eigenvalue weighted by atomic mass is 10.0. The minimum absolute atomic E-state index is 0.452. The van der Waals surface area contributed by atoms with Gasteiger partial charge in [0.2, 0.25) is 0 Å². The van der Waals surface area contributed by atoms with Gasteiger partial charge in [0, 0.05) is 5.69 Å². The summed E-state index contributed by atoms with van der Waals surface area (Å²) in [5.74, 6) is -2.30. The normalized spacial score (nSPS) is 11.9. The van der Waals surface area contributed by atoms with Crippen molar-refractivity contribution in [2.75, 3.05) is 5.32 Å². The molecular weight excluding hydrogens is 234 g/mol. The Bertz CT molecular complexity index is 456. The van der Waals surface area contributed by atoms with Gasteiger partial charge in [-0.25, -0.2) is 4.79 Å². The quantitative estimate of drug-likeness (QED) is 0.718. The molecule has 0 bridgehead atoms. The van der Waals surface area contributed by atoms with Crippen LogP contribution in [0.25, 0.3) is 0 Å². The van der Waals surface area contributed by atoms with Crippen LogP contribution in [-0.4, -0.2) is 28.2 Å². The maximum absolute atomic E-state index is 11.0. The van der Waals surface area contributed by atoms with Crippen molar-refractivity contribution in [1.29, 1.82) is 0 Å². The van der Waals surface area contributed by atoms with E-state index in [2.05, 4.69) is 5.32 Å². The molecular formula is C13H17NO4. The fraction of sp³-hybridized carbons (Fsp3) is 0.385. The lowest BCUT2D eigenvalue weighted by Crippen LogP contribution is -2.32. The van der Waals surface area contributed by atoms with Gasteiger partial charge in [-0.15, -0.1) is 0 Å². The van der Waals surface area contributed by atoms with Crippen LogP contribution in [0.1, 0.15) is 24.5 Å². The first-order valence-electron chi connectivity index (χ1n) is 5.75. The summed E-state index contributed by atoms with van der Waals surface area (Å²) in [6.07, 6.45) is 0.302. The molecule has 1 atom stereocenters. The molecule has 0 aromatic heterocycles. The van der Waals surface area contributed by atoms with E-state index in [9.17, 15) is 9.59 Å². The van der Waals surface area contributed by atoms with Crippen LogP contribution in [0.2, 0.25) is 0 Å². The minimum atomic E-state index is -1.16. The molecule has 1 rings (SSSR count). The number of hydrogen-bond donors (Lipinski definition) is 3. The van der Waals surface area contributed by atoms with E-state index >= 15 is 0 Å². The van der Waals surface area contributed by atoms with Crippen LogP contribution < -0.4 is 5.32 Å². The Kier molecular flexibility index (Phi) is 4.71. The first-order chi connectivity index (χ1) is 8.45. The summed E-state index contributed by atoms with van der Waals surface area (Å²) in [6, 6.07) is 4.54. The molecule has 0 fully saturated rings. The molecule has 5 nitrogen and oxygen atoms in total. The largest absolute Gasteiger partial charge is 0.481 e. The summed E-state index contributed by atoms with van der Waals surface area (Å²) in [6.45, 7) is 3.83. The maximum Gasteiger partial charge on any atom is 0.326 e. The molecule has 0 aliphatic heterocycles. The molecule has 0 aliphatic rings. The third kappa shape index (κ3) is 3.48. The molecule has 3 N–H and O–H groups in total. The van der Waals surface area contributed by atoms with E-state index in [0.29, 0.717) is 5.69 Å². The Morgan fingerprint density at radius 2 is 2.00 bits per heavy atom. The van der Waals surface area contributed by atoms with E-state index in [-0.39, 0.29) is 0 Å². The van der Waals surface area contributed by atoms with Crippen LogP contribution >= 0.6 is 0 Å². The van der Waals surface area contributed by atoms with Crippen LogP contribution in [0.5, 0.6) is 0 Å². The highest BCUT2D eigenvalue weighted by Gasteiger charge is 2.22. The Morgan fingerprint density at radius 3 is 2.50 bits per heavy atom. The number of para-hydroxylation sites is 1. The van der Waals surface area contributed by atoms with E-state index in [1.807, 2.05) is 32.0 Å². The van der Waals surface area contributed by atoms with Gasteiger partial charge in [0.1, 0.15) is 6.04 Å². The second kappa shape index (κ2) is 6.05. The topological polar surface area (TPSA) is 86.6 Å². The molecule has 0 radical (unpaired) electrons. The van der Waals surface area contributed by atoms with Gasteiger partial charge >= 0.3 is 11.9 Å². The van der Waals surface area contributed by atoms with E-state index in [0.717, 1.165) is 17.5 Å². The van der Waals surface area contributed by atoms with Crippen LogP contribution in [-0.2, 0) is 16.0 Å². The van der Waals surface area contributed by atoms with E-state index in [4.69, 9.17) is 10.2 Å².